The minimum Gasteiger partial charge on any atom is -0.284 e. The van der Waals surface area contributed by atoms with Crippen molar-refractivity contribution in [2.24, 2.45) is 4.99 Å². The third-order valence-electron chi connectivity index (χ3n) is 3.23. The van der Waals surface area contributed by atoms with Crippen LogP contribution in [0.3, 0.4) is 0 Å². The van der Waals surface area contributed by atoms with Gasteiger partial charge < -0.3 is 0 Å². The van der Waals surface area contributed by atoms with Crippen molar-refractivity contribution >= 4 is 58.3 Å². The largest absolute Gasteiger partial charge is 0.337 e. The molecule has 2 rings (SSSR count). The van der Waals surface area contributed by atoms with E-state index in [0.29, 0.717) is 5.69 Å². The molecule has 1 aliphatic heterocycles. The molecule has 0 saturated carbocycles. The van der Waals surface area contributed by atoms with Crippen molar-refractivity contribution in [3.8, 4) is 0 Å². The molecule has 1 fully saturated rings. The van der Waals surface area contributed by atoms with Gasteiger partial charge in [-0.1, -0.05) is 53.0 Å². The number of halogens is 3. The van der Waals surface area contributed by atoms with Gasteiger partial charge >= 0.3 is 6.03 Å². The Labute approximate surface area is 149 Å². The highest BCUT2D eigenvalue weighted by Crippen LogP contribution is 2.34. The number of carbonyl (C=O) groups is 2. The van der Waals surface area contributed by atoms with Gasteiger partial charge in [0.2, 0.25) is 9.63 Å². The van der Waals surface area contributed by atoms with E-state index in [1.54, 1.807) is 49.3 Å². The van der Waals surface area contributed by atoms with Gasteiger partial charge in [0.05, 0.1) is 5.69 Å². The van der Waals surface area contributed by atoms with Crippen LogP contribution >= 0.6 is 34.8 Å². The van der Waals surface area contributed by atoms with E-state index in [2.05, 4.69) is 4.99 Å². The van der Waals surface area contributed by atoms with Crippen LogP contribution in [0.5, 0.6) is 0 Å². The quantitative estimate of drug-likeness (QED) is 0.601. The van der Waals surface area contributed by atoms with E-state index in [4.69, 9.17) is 34.8 Å². The van der Waals surface area contributed by atoms with Crippen LogP contribution < -0.4 is 4.90 Å². The highest BCUT2D eigenvalue weighted by molar-refractivity contribution is 6.68. The summed E-state index contributed by atoms with van der Waals surface area (Å²) in [6, 6.07) is 8.18. The average Bonchev–Trinajstić information content (AvgIpc) is 2.68. The minimum atomic E-state index is -1.76. The maximum Gasteiger partial charge on any atom is 0.337 e. The number of likely N-dealkylation sites (N-methyl/N-ethyl adjacent to an activating group) is 1. The Morgan fingerprint density at radius 2 is 1.70 bits per heavy atom. The summed E-state index contributed by atoms with van der Waals surface area (Å²) in [6.07, 6.45) is -0.933. The van der Waals surface area contributed by atoms with E-state index in [-0.39, 0.29) is 5.84 Å². The van der Waals surface area contributed by atoms with Gasteiger partial charge in [0.25, 0.3) is 5.91 Å². The number of para-hydroxylation sites is 1. The predicted molar refractivity (Wildman–Crippen MR) is 92.3 cm³/mol. The van der Waals surface area contributed by atoms with E-state index in [9.17, 15) is 9.59 Å². The number of benzene rings is 1. The first kappa shape index (κ1) is 18.0. The molecule has 1 atom stereocenters. The Morgan fingerprint density at radius 3 is 2.17 bits per heavy atom. The fourth-order valence-corrected chi connectivity index (χ4v) is 2.83. The smallest absolute Gasteiger partial charge is 0.284 e. The van der Waals surface area contributed by atoms with Crippen LogP contribution in [0.4, 0.5) is 10.5 Å². The first-order chi connectivity index (χ1) is 10.6. The van der Waals surface area contributed by atoms with Crippen LogP contribution in [-0.2, 0) is 4.79 Å². The first-order valence-corrected chi connectivity index (χ1v) is 7.76. The SMILES string of the molecule is CN1C(=O)/C(=N\C(N(C)C)C(Cl)(Cl)Cl)N(c2ccccc2)C1=O. The van der Waals surface area contributed by atoms with Crippen molar-refractivity contribution in [3.05, 3.63) is 30.3 Å². The summed E-state index contributed by atoms with van der Waals surface area (Å²) in [4.78, 5) is 32.7. The van der Waals surface area contributed by atoms with Crippen LogP contribution in [0.2, 0.25) is 0 Å². The fraction of sp³-hybridized carbons (Fsp3) is 0.357. The Morgan fingerprint density at radius 1 is 1.13 bits per heavy atom. The standard InChI is InChI=1S/C14H15Cl3N4O2/c1-19(2)12(14(15,16)17)18-10-11(22)20(3)13(23)21(10)9-7-5-4-6-8-9/h4-8,12H,1-3H3/b18-10+. The zero-order valence-electron chi connectivity index (χ0n) is 12.7. The summed E-state index contributed by atoms with van der Waals surface area (Å²) < 4.78 is -1.76. The topological polar surface area (TPSA) is 56.2 Å². The summed E-state index contributed by atoms with van der Waals surface area (Å²) >= 11 is 17.8. The molecule has 0 aromatic heterocycles. The number of hydrogen-bond donors (Lipinski definition) is 0. The number of amidine groups is 1. The third-order valence-corrected chi connectivity index (χ3v) is 3.81. The van der Waals surface area contributed by atoms with Crippen LogP contribution in [0, 0.1) is 0 Å². The van der Waals surface area contributed by atoms with Crippen molar-refractivity contribution in [2.45, 2.75) is 9.96 Å². The highest BCUT2D eigenvalue weighted by Gasteiger charge is 2.44. The number of amides is 3. The van der Waals surface area contributed by atoms with Crippen LogP contribution in [0.1, 0.15) is 0 Å². The molecule has 0 bridgehead atoms. The number of urea groups is 1. The van der Waals surface area contributed by atoms with E-state index in [0.717, 1.165) is 4.90 Å². The van der Waals surface area contributed by atoms with E-state index in [1.165, 1.54) is 11.9 Å². The van der Waals surface area contributed by atoms with Gasteiger partial charge in [0.15, 0.2) is 6.17 Å². The van der Waals surface area contributed by atoms with E-state index >= 15 is 0 Å². The molecule has 0 aliphatic carbocycles. The van der Waals surface area contributed by atoms with Crippen molar-refractivity contribution in [3.63, 3.8) is 0 Å². The molecule has 1 aromatic rings. The lowest BCUT2D eigenvalue weighted by atomic mass is 10.3. The monoisotopic (exact) mass is 376 g/mol. The van der Waals surface area contributed by atoms with Crippen molar-refractivity contribution < 1.29 is 9.59 Å². The maximum atomic E-state index is 12.4. The van der Waals surface area contributed by atoms with Crippen molar-refractivity contribution in [1.82, 2.24) is 9.80 Å². The minimum absolute atomic E-state index is 0.0891. The Balaban J connectivity index is 2.54. The average molecular weight is 378 g/mol. The molecular formula is C14H15Cl3N4O2. The molecule has 3 amide bonds. The summed E-state index contributed by atoms with van der Waals surface area (Å²) in [5.41, 5.74) is 0.510. The van der Waals surface area contributed by atoms with E-state index < -0.39 is 21.9 Å². The Hall–Kier alpha value is -1.34. The molecule has 1 saturated heterocycles. The summed E-state index contributed by atoms with van der Waals surface area (Å²) in [5, 5.41) is 0. The molecule has 0 spiro atoms. The molecule has 0 N–H and O–H groups in total. The van der Waals surface area contributed by atoms with Gasteiger partial charge in [-0.2, -0.15) is 0 Å². The van der Waals surface area contributed by atoms with Gasteiger partial charge in [-0.25, -0.2) is 14.7 Å². The number of alkyl halides is 3. The van der Waals surface area contributed by atoms with Crippen LogP contribution in [0.15, 0.2) is 35.3 Å². The van der Waals surface area contributed by atoms with Gasteiger partial charge in [0, 0.05) is 7.05 Å². The normalized spacial score (nSPS) is 19.2. The molecule has 9 heteroatoms. The lowest BCUT2D eigenvalue weighted by molar-refractivity contribution is -0.119. The number of imide groups is 1. The van der Waals surface area contributed by atoms with Crippen LogP contribution in [-0.4, -0.2) is 58.7 Å². The molecule has 0 radical (unpaired) electrons. The summed E-state index contributed by atoms with van der Waals surface area (Å²) in [6.45, 7) is 0. The van der Waals surface area contributed by atoms with Crippen molar-refractivity contribution in [2.75, 3.05) is 26.0 Å². The van der Waals surface area contributed by atoms with Gasteiger partial charge in [0.1, 0.15) is 0 Å². The van der Waals surface area contributed by atoms with E-state index in [1.807, 2.05) is 0 Å². The lowest BCUT2D eigenvalue weighted by Gasteiger charge is -2.27. The lowest BCUT2D eigenvalue weighted by Crippen LogP contribution is -2.41. The highest BCUT2D eigenvalue weighted by atomic mass is 35.6. The number of aliphatic imine (C=N–C) groups is 1. The molecule has 124 valence electrons. The van der Waals surface area contributed by atoms with Gasteiger partial charge in [-0.15, -0.1) is 0 Å². The Bertz CT molecular complexity index is 643. The third kappa shape index (κ3) is 3.61. The van der Waals surface area contributed by atoms with Gasteiger partial charge in [-0.3, -0.25) is 14.6 Å². The molecule has 1 unspecified atom stereocenters. The molecule has 23 heavy (non-hydrogen) atoms. The number of hydrogen-bond acceptors (Lipinski definition) is 4. The fourth-order valence-electron chi connectivity index (χ4n) is 2.09. The predicted octanol–water partition coefficient (Wildman–Crippen LogP) is 2.74. The number of rotatable bonds is 3. The molecule has 1 heterocycles. The molecule has 6 nitrogen and oxygen atoms in total. The Kier molecular flexibility index (Phi) is 5.20. The summed E-state index contributed by atoms with van der Waals surface area (Å²) in [5.74, 6) is -0.645. The molecular weight excluding hydrogens is 363 g/mol. The first-order valence-electron chi connectivity index (χ1n) is 6.62. The molecule has 1 aromatic carbocycles. The number of anilines is 1. The number of carbonyl (C=O) groups excluding carboxylic acids is 2. The zero-order chi connectivity index (χ0) is 17.4. The van der Waals surface area contributed by atoms with Crippen LogP contribution in [0.25, 0.3) is 0 Å². The van der Waals surface area contributed by atoms with Crippen molar-refractivity contribution in [1.29, 1.82) is 0 Å². The second-order valence-corrected chi connectivity index (χ2v) is 7.52. The maximum absolute atomic E-state index is 12.4. The molecule has 1 aliphatic rings. The second kappa shape index (κ2) is 6.65. The zero-order valence-corrected chi connectivity index (χ0v) is 15.0. The second-order valence-electron chi connectivity index (χ2n) is 5.15. The number of nitrogens with zero attached hydrogens (tertiary/aromatic N) is 4. The van der Waals surface area contributed by atoms with Gasteiger partial charge in [-0.05, 0) is 26.2 Å². The summed E-state index contributed by atoms with van der Waals surface area (Å²) in [7, 11) is 4.70.